The van der Waals surface area contributed by atoms with Crippen LogP contribution in [0.3, 0.4) is 0 Å². The van der Waals surface area contributed by atoms with Crippen LogP contribution in [0, 0.1) is 5.92 Å². The van der Waals surface area contributed by atoms with Crippen LogP contribution in [-0.4, -0.2) is 35.3 Å². The Hall–Kier alpha value is -0.880. The number of aromatic amines is 1. The maximum atomic E-state index is 12.5. The average Bonchev–Trinajstić information content (AvgIpc) is 2.82. The van der Waals surface area contributed by atoms with Crippen molar-refractivity contribution in [2.75, 3.05) is 6.54 Å². The molecule has 1 aromatic heterocycles. The summed E-state index contributed by atoms with van der Waals surface area (Å²) in [4.78, 5) is 6.49. The van der Waals surface area contributed by atoms with Crippen LogP contribution >= 0.6 is 0 Å². The van der Waals surface area contributed by atoms with E-state index in [4.69, 9.17) is 0 Å². The summed E-state index contributed by atoms with van der Waals surface area (Å²) >= 11 is 0. The van der Waals surface area contributed by atoms with Crippen molar-refractivity contribution in [3.63, 3.8) is 0 Å². The standard InChI is InChI=1S/C12H23N3O2S/c1-5-11(6-2)15(8-10(3)4)18(16,17)12-7-13-9-14-12/h7,9-11H,5-6,8H2,1-4H3,(H,13,14). The fourth-order valence-corrected chi connectivity index (χ4v) is 3.84. The lowest BCUT2D eigenvalue weighted by molar-refractivity contribution is 0.276. The molecule has 0 aromatic carbocycles. The molecule has 0 unspecified atom stereocenters. The zero-order chi connectivity index (χ0) is 13.8. The zero-order valence-corrected chi connectivity index (χ0v) is 12.4. The number of aromatic nitrogens is 2. The van der Waals surface area contributed by atoms with Gasteiger partial charge in [0.15, 0.2) is 5.03 Å². The second kappa shape index (κ2) is 6.33. The summed E-state index contributed by atoms with van der Waals surface area (Å²) in [6.07, 6.45) is 4.39. The molecular weight excluding hydrogens is 250 g/mol. The second-order valence-electron chi connectivity index (χ2n) is 4.85. The molecule has 1 aromatic rings. The topological polar surface area (TPSA) is 66.1 Å². The Balaban J connectivity index is 3.10. The first-order chi connectivity index (χ1) is 8.43. The van der Waals surface area contributed by atoms with Crippen molar-refractivity contribution in [1.82, 2.24) is 14.3 Å². The minimum Gasteiger partial charge on any atom is -0.335 e. The van der Waals surface area contributed by atoms with Gasteiger partial charge in [-0.1, -0.05) is 27.7 Å². The van der Waals surface area contributed by atoms with E-state index in [1.54, 1.807) is 4.31 Å². The largest absolute Gasteiger partial charge is 0.335 e. The van der Waals surface area contributed by atoms with E-state index in [-0.39, 0.29) is 11.1 Å². The summed E-state index contributed by atoms with van der Waals surface area (Å²) in [6.45, 7) is 8.62. The molecule has 104 valence electrons. The number of rotatable bonds is 7. The highest BCUT2D eigenvalue weighted by Crippen LogP contribution is 2.21. The lowest BCUT2D eigenvalue weighted by Crippen LogP contribution is -2.42. The third-order valence-electron chi connectivity index (χ3n) is 2.95. The molecule has 0 aliphatic rings. The Morgan fingerprint density at radius 1 is 1.33 bits per heavy atom. The molecule has 0 bridgehead atoms. The van der Waals surface area contributed by atoms with Gasteiger partial charge in [-0.15, -0.1) is 0 Å². The van der Waals surface area contributed by atoms with Crippen LogP contribution in [0.25, 0.3) is 0 Å². The zero-order valence-electron chi connectivity index (χ0n) is 11.5. The van der Waals surface area contributed by atoms with E-state index >= 15 is 0 Å². The maximum Gasteiger partial charge on any atom is 0.260 e. The fourth-order valence-electron chi connectivity index (χ4n) is 2.01. The Kier molecular flexibility index (Phi) is 5.34. The molecule has 1 rings (SSSR count). The van der Waals surface area contributed by atoms with Gasteiger partial charge in [-0.2, -0.15) is 4.31 Å². The van der Waals surface area contributed by atoms with Crippen molar-refractivity contribution in [1.29, 1.82) is 0 Å². The molecular formula is C12H23N3O2S. The van der Waals surface area contributed by atoms with Crippen molar-refractivity contribution >= 4 is 10.0 Å². The third kappa shape index (κ3) is 3.32. The highest BCUT2D eigenvalue weighted by Gasteiger charge is 2.31. The molecule has 0 spiro atoms. The van der Waals surface area contributed by atoms with Gasteiger partial charge in [-0.05, 0) is 18.8 Å². The lowest BCUT2D eigenvalue weighted by Gasteiger charge is -2.30. The molecule has 6 heteroatoms. The van der Waals surface area contributed by atoms with Gasteiger partial charge >= 0.3 is 0 Å². The minimum absolute atomic E-state index is 0.0423. The monoisotopic (exact) mass is 273 g/mol. The summed E-state index contributed by atoms with van der Waals surface area (Å²) in [6, 6.07) is 0.0423. The predicted molar refractivity (Wildman–Crippen MR) is 71.7 cm³/mol. The molecule has 0 amide bonds. The van der Waals surface area contributed by atoms with Crippen molar-refractivity contribution in [3.05, 3.63) is 12.5 Å². The maximum absolute atomic E-state index is 12.5. The van der Waals surface area contributed by atoms with Gasteiger partial charge in [0, 0.05) is 12.6 Å². The van der Waals surface area contributed by atoms with E-state index in [9.17, 15) is 8.42 Å². The van der Waals surface area contributed by atoms with E-state index in [1.165, 1.54) is 12.5 Å². The summed E-state index contributed by atoms with van der Waals surface area (Å²) in [5.74, 6) is 0.295. The summed E-state index contributed by atoms with van der Waals surface area (Å²) in [7, 11) is -3.46. The molecule has 1 N–H and O–H groups in total. The number of hydrogen-bond acceptors (Lipinski definition) is 3. The molecule has 0 saturated carbocycles. The highest BCUT2D eigenvalue weighted by atomic mass is 32.2. The van der Waals surface area contributed by atoms with E-state index in [0.717, 1.165) is 12.8 Å². The van der Waals surface area contributed by atoms with Crippen molar-refractivity contribution in [3.8, 4) is 0 Å². The van der Waals surface area contributed by atoms with Crippen molar-refractivity contribution in [2.45, 2.75) is 51.6 Å². The smallest absolute Gasteiger partial charge is 0.260 e. The van der Waals surface area contributed by atoms with Crippen LogP contribution in [0.1, 0.15) is 40.5 Å². The van der Waals surface area contributed by atoms with Crippen LogP contribution in [0.15, 0.2) is 17.6 Å². The van der Waals surface area contributed by atoms with Gasteiger partial charge in [0.05, 0.1) is 12.5 Å². The van der Waals surface area contributed by atoms with Gasteiger partial charge in [-0.25, -0.2) is 13.4 Å². The number of sulfonamides is 1. The first-order valence-electron chi connectivity index (χ1n) is 6.43. The Morgan fingerprint density at radius 2 is 1.94 bits per heavy atom. The normalized spacial score (nSPS) is 12.8. The first kappa shape index (κ1) is 15.2. The molecule has 0 atom stereocenters. The summed E-state index contributed by atoms with van der Waals surface area (Å²) in [5, 5.41) is 0.176. The fraction of sp³-hybridized carbons (Fsp3) is 0.750. The molecule has 0 aliphatic heterocycles. The number of nitrogens with zero attached hydrogens (tertiary/aromatic N) is 2. The van der Waals surface area contributed by atoms with E-state index in [0.29, 0.717) is 12.5 Å². The molecule has 0 saturated heterocycles. The summed E-state index contributed by atoms with van der Waals surface area (Å²) in [5.41, 5.74) is 0. The molecule has 0 aliphatic carbocycles. The number of imidazole rings is 1. The van der Waals surface area contributed by atoms with Crippen LogP contribution in [0.5, 0.6) is 0 Å². The van der Waals surface area contributed by atoms with Crippen LogP contribution in [0.2, 0.25) is 0 Å². The SMILES string of the molecule is CCC(CC)N(CC(C)C)S(=O)(=O)c1cnc[nH]1. The van der Waals surface area contributed by atoms with Gasteiger partial charge in [0.2, 0.25) is 0 Å². The summed E-state index contributed by atoms with van der Waals surface area (Å²) < 4.78 is 26.7. The molecule has 0 radical (unpaired) electrons. The Labute approximate surface area is 110 Å². The van der Waals surface area contributed by atoms with Crippen LogP contribution < -0.4 is 0 Å². The van der Waals surface area contributed by atoms with E-state index in [1.807, 2.05) is 27.7 Å². The molecule has 1 heterocycles. The van der Waals surface area contributed by atoms with E-state index in [2.05, 4.69) is 9.97 Å². The second-order valence-corrected chi connectivity index (χ2v) is 6.71. The number of H-pyrrole nitrogens is 1. The molecule has 18 heavy (non-hydrogen) atoms. The first-order valence-corrected chi connectivity index (χ1v) is 7.87. The number of hydrogen-bond donors (Lipinski definition) is 1. The highest BCUT2D eigenvalue weighted by molar-refractivity contribution is 7.89. The molecule has 5 nitrogen and oxygen atoms in total. The van der Waals surface area contributed by atoms with Crippen molar-refractivity contribution < 1.29 is 8.42 Å². The van der Waals surface area contributed by atoms with Gasteiger partial charge in [0.25, 0.3) is 10.0 Å². The Bertz CT molecular complexity index is 436. The Morgan fingerprint density at radius 3 is 2.33 bits per heavy atom. The minimum atomic E-state index is -3.46. The van der Waals surface area contributed by atoms with Gasteiger partial charge in [0.1, 0.15) is 0 Å². The van der Waals surface area contributed by atoms with Crippen LogP contribution in [-0.2, 0) is 10.0 Å². The quantitative estimate of drug-likeness (QED) is 0.828. The lowest BCUT2D eigenvalue weighted by atomic mass is 10.1. The van der Waals surface area contributed by atoms with E-state index < -0.39 is 10.0 Å². The van der Waals surface area contributed by atoms with Crippen LogP contribution in [0.4, 0.5) is 0 Å². The third-order valence-corrected chi connectivity index (χ3v) is 4.80. The molecule has 0 fully saturated rings. The van der Waals surface area contributed by atoms with Crippen molar-refractivity contribution in [2.24, 2.45) is 5.92 Å². The number of nitrogens with one attached hydrogen (secondary N) is 1. The average molecular weight is 273 g/mol. The van der Waals surface area contributed by atoms with Gasteiger partial charge < -0.3 is 4.98 Å². The van der Waals surface area contributed by atoms with Gasteiger partial charge in [-0.3, -0.25) is 0 Å². The predicted octanol–water partition coefficient (Wildman–Crippen LogP) is 2.25.